The summed E-state index contributed by atoms with van der Waals surface area (Å²) in [5.74, 6) is 1.90. The summed E-state index contributed by atoms with van der Waals surface area (Å²) in [6.45, 7) is 0.228. The van der Waals surface area contributed by atoms with Gasteiger partial charge in [-0.05, 0) is 55.7 Å². The molecule has 2 bridgehead atoms. The van der Waals surface area contributed by atoms with E-state index in [1.807, 2.05) is 0 Å². The van der Waals surface area contributed by atoms with E-state index in [9.17, 15) is 13.2 Å². The highest BCUT2D eigenvalue weighted by molar-refractivity contribution is 7.92. The summed E-state index contributed by atoms with van der Waals surface area (Å²) in [6.07, 6.45) is 6.76. The second-order valence-corrected chi connectivity index (χ2v) is 9.92. The molecular formula is C19H27ClN2O4S. The molecule has 3 unspecified atom stereocenters. The topological polar surface area (TPSA) is 75.7 Å². The number of anilines is 1. The normalized spacial score (nSPS) is 24.0. The number of hydrogen-bond donors (Lipinski definition) is 1. The lowest BCUT2D eigenvalue weighted by Gasteiger charge is -2.24. The van der Waals surface area contributed by atoms with Gasteiger partial charge in [-0.1, -0.05) is 18.0 Å². The van der Waals surface area contributed by atoms with E-state index in [0.29, 0.717) is 41.3 Å². The van der Waals surface area contributed by atoms with Gasteiger partial charge in [0.15, 0.2) is 0 Å². The lowest BCUT2D eigenvalue weighted by molar-refractivity contribution is -0.122. The summed E-state index contributed by atoms with van der Waals surface area (Å²) in [4.78, 5) is 12.3. The molecule has 2 saturated carbocycles. The van der Waals surface area contributed by atoms with Gasteiger partial charge < -0.3 is 10.1 Å². The fourth-order valence-corrected chi connectivity index (χ4v) is 5.59. The lowest BCUT2D eigenvalue weighted by atomic mass is 9.95. The molecule has 0 aliphatic heterocycles. The second-order valence-electron chi connectivity index (χ2n) is 7.61. The summed E-state index contributed by atoms with van der Waals surface area (Å²) in [5.41, 5.74) is 0.469. The van der Waals surface area contributed by atoms with Crippen molar-refractivity contribution in [3.05, 3.63) is 23.2 Å². The molecule has 1 aromatic rings. The Kier molecular flexibility index (Phi) is 6.21. The number of sulfonamides is 1. The number of methoxy groups -OCH3 is 1. The monoisotopic (exact) mass is 414 g/mol. The fraction of sp³-hybridized carbons (Fsp3) is 0.632. The number of carbonyl (C=O) groups is 1. The largest absolute Gasteiger partial charge is 0.495 e. The number of ether oxygens (including phenoxy) is 1. The maximum Gasteiger partial charge on any atom is 0.232 e. The zero-order valence-electron chi connectivity index (χ0n) is 15.8. The lowest BCUT2D eigenvalue weighted by Crippen LogP contribution is -2.39. The molecule has 3 atom stereocenters. The molecular weight excluding hydrogens is 388 g/mol. The van der Waals surface area contributed by atoms with Gasteiger partial charge >= 0.3 is 0 Å². The molecule has 3 rings (SSSR count). The molecule has 8 heteroatoms. The molecule has 0 aromatic heterocycles. The quantitative estimate of drug-likeness (QED) is 0.708. The molecule has 0 heterocycles. The molecule has 1 aromatic carbocycles. The highest BCUT2D eigenvalue weighted by atomic mass is 35.5. The second kappa shape index (κ2) is 8.27. The minimum Gasteiger partial charge on any atom is -0.495 e. The molecule has 150 valence electrons. The average molecular weight is 415 g/mol. The molecule has 27 heavy (non-hydrogen) atoms. The Morgan fingerprint density at radius 1 is 1.33 bits per heavy atom. The molecule has 1 N–H and O–H groups in total. The van der Waals surface area contributed by atoms with Crippen LogP contribution in [-0.4, -0.2) is 40.3 Å². The van der Waals surface area contributed by atoms with Crippen molar-refractivity contribution < 1.29 is 17.9 Å². The van der Waals surface area contributed by atoms with Gasteiger partial charge in [0.25, 0.3) is 0 Å². The van der Waals surface area contributed by atoms with Crippen LogP contribution in [0.4, 0.5) is 5.69 Å². The Balaban J connectivity index is 1.56. The number of carbonyl (C=O) groups excluding carboxylic acids is 1. The van der Waals surface area contributed by atoms with Gasteiger partial charge in [-0.15, -0.1) is 0 Å². The van der Waals surface area contributed by atoms with E-state index in [4.69, 9.17) is 16.3 Å². The van der Waals surface area contributed by atoms with Crippen molar-refractivity contribution in [1.82, 2.24) is 5.32 Å². The maximum absolute atomic E-state index is 12.3. The van der Waals surface area contributed by atoms with Crippen LogP contribution in [-0.2, 0) is 14.8 Å². The molecule has 0 spiro atoms. The van der Waals surface area contributed by atoms with Gasteiger partial charge in [0.1, 0.15) is 5.75 Å². The Morgan fingerprint density at radius 3 is 2.67 bits per heavy atom. The van der Waals surface area contributed by atoms with Crippen LogP contribution >= 0.6 is 11.6 Å². The van der Waals surface area contributed by atoms with E-state index in [2.05, 4.69) is 5.32 Å². The van der Waals surface area contributed by atoms with Crippen molar-refractivity contribution in [3.8, 4) is 5.75 Å². The van der Waals surface area contributed by atoms with E-state index in [0.717, 1.165) is 18.6 Å². The third-order valence-corrected chi connectivity index (χ3v) is 7.16. The smallest absolute Gasteiger partial charge is 0.232 e. The van der Waals surface area contributed by atoms with Crippen LogP contribution in [0.3, 0.4) is 0 Å². The Morgan fingerprint density at radius 2 is 2.11 bits per heavy atom. The van der Waals surface area contributed by atoms with Crippen LogP contribution < -0.4 is 14.4 Å². The van der Waals surface area contributed by atoms with Crippen molar-refractivity contribution in [2.45, 2.75) is 44.6 Å². The summed E-state index contributed by atoms with van der Waals surface area (Å²) in [6, 6.07) is 5.16. The predicted molar refractivity (Wildman–Crippen MR) is 107 cm³/mol. The van der Waals surface area contributed by atoms with Crippen LogP contribution in [0, 0.1) is 11.8 Å². The standard InChI is InChI=1S/C19H27ClN2O4S/c1-26-18-8-7-15(12-16(18)20)22(27(2,24)25)9-3-4-19(23)21-17-11-13-5-6-14(17)10-13/h7-8,12-14,17H,3-6,9-11H2,1-2H3,(H,21,23). The number of halogens is 1. The number of hydrogen-bond acceptors (Lipinski definition) is 4. The van der Waals surface area contributed by atoms with Crippen LogP contribution in [0.25, 0.3) is 0 Å². The van der Waals surface area contributed by atoms with Crippen LogP contribution in [0.2, 0.25) is 5.02 Å². The van der Waals surface area contributed by atoms with Gasteiger partial charge in [0, 0.05) is 19.0 Å². The number of nitrogens with one attached hydrogen (secondary N) is 1. The number of fused-ring (bicyclic) bond motifs is 2. The van der Waals surface area contributed by atoms with Crippen LogP contribution in [0.1, 0.15) is 38.5 Å². The van der Waals surface area contributed by atoms with Crippen molar-refractivity contribution in [1.29, 1.82) is 0 Å². The van der Waals surface area contributed by atoms with Gasteiger partial charge in [0.2, 0.25) is 15.9 Å². The zero-order valence-corrected chi connectivity index (χ0v) is 17.4. The molecule has 0 saturated heterocycles. The summed E-state index contributed by atoms with van der Waals surface area (Å²) < 4.78 is 30.8. The molecule has 2 aliphatic rings. The van der Waals surface area contributed by atoms with Crippen molar-refractivity contribution in [3.63, 3.8) is 0 Å². The average Bonchev–Trinajstić information content (AvgIpc) is 3.20. The predicted octanol–water partition coefficient (Wildman–Crippen LogP) is 3.20. The SMILES string of the molecule is COc1ccc(N(CCCC(=O)NC2CC3CCC2C3)S(C)(=O)=O)cc1Cl. The van der Waals surface area contributed by atoms with Crippen LogP contribution in [0.5, 0.6) is 5.75 Å². The fourth-order valence-electron chi connectivity index (χ4n) is 4.38. The summed E-state index contributed by atoms with van der Waals surface area (Å²) in [5, 5.41) is 3.49. The van der Waals surface area contributed by atoms with Crippen molar-refractivity contribution in [2.24, 2.45) is 11.8 Å². The first-order valence-electron chi connectivity index (χ1n) is 9.38. The molecule has 1 amide bonds. The molecule has 2 fully saturated rings. The van der Waals surface area contributed by atoms with E-state index in [-0.39, 0.29) is 12.5 Å². The number of rotatable bonds is 8. The van der Waals surface area contributed by atoms with E-state index in [1.165, 1.54) is 30.7 Å². The Labute approximate surface area is 166 Å². The molecule has 6 nitrogen and oxygen atoms in total. The van der Waals surface area contributed by atoms with Gasteiger partial charge in [-0.2, -0.15) is 0 Å². The maximum atomic E-state index is 12.3. The number of nitrogens with zero attached hydrogens (tertiary/aromatic N) is 1. The van der Waals surface area contributed by atoms with E-state index < -0.39 is 10.0 Å². The van der Waals surface area contributed by atoms with Gasteiger partial charge in [-0.25, -0.2) is 8.42 Å². The Hall–Kier alpha value is -1.47. The summed E-state index contributed by atoms with van der Waals surface area (Å²) >= 11 is 6.12. The molecule has 0 radical (unpaired) electrons. The Bertz CT molecular complexity index is 799. The third kappa shape index (κ3) is 4.88. The van der Waals surface area contributed by atoms with Crippen molar-refractivity contribution >= 4 is 33.2 Å². The minimum absolute atomic E-state index is 0.00812. The van der Waals surface area contributed by atoms with E-state index in [1.54, 1.807) is 18.2 Å². The van der Waals surface area contributed by atoms with Crippen LogP contribution in [0.15, 0.2) is 18.2 Å². The number of amides is 1. The third-order valence-electron chi connectivity index (χ3n) is 5.67. The first-order valence-corrected chi connectivity index (χ1v) is 11.6. The van der Waals surface area contributed by atoms with Crippen molar-refractivity contribution in [2.75, 3.05) is 24.2 Å². The van der Waals surface area contributed by atoms with E-state index >= 15 is 0 Å². The summed E-state index contributed by atoms with van der Waals surface area (Å²) in [7, 11) is -1.98. The highest BCUT2D eigenvalue weighted by Crippen LogP contribution is 2.44. The zero-order chi connectivity index (χ0) is 19.6. The first-order chi connectivity index (χ1) is 12.8. The van der Waals surface area contributed by atoms with Gasteiger partial charge in [0.05, 0.1) is 24.1 Å². The highest BCUT2D eigenvalue weighted by Gasteiger charge is 2.39. The van der Waals surface area contributed by atoms with Gasteiger partial charge in [-0.3, -0.25) is 9.10 Å². The molecule has 2 aliphatic carbocycles. The number of benzene rings is 1. The minimum atomic E-state index is -3.48. The first kappa shape index (κ1) is 20.3.